The first-order valence-corrected chi connectivity index (χ1v) is 7.39. The lowest BCUT2D eigenvalue weighted by Crippen LogP contribution is -2.36. The van der Waals surface area contributed by atoms with Crippen LogP contribution in [0.2, 0.25) is 0 Å². The lowest BCUT2D eigenvalue weighted by Gasteiger charge is -2.20. The maximum atomic E-state index is 12.2. The quantitative estimate of drug-likeness (QED) is 0.862. The second-order valence-corrected chi connectivity index (χ2v) is 6.00. The molecule has 2 aromatic rings. The Hall–Kier alpha value is -2.09. The van der Waals surface area contributed by atoms with Crippen molar-refractivity contribution in [2.45, 2.75) is 13.8 Å². The molecule has 2 rings (SSSR count). The van der Waals surface area contributed by atoms with Crippen molar-refractivity contribution in [1.82, 2.24) is 9.88 Å². The molecule has 0 spiro atoms. The number of rotatable bonds is 4. The summed E-state index contributed by atoms with van der Waals surface area (Å²) in [5.41, 5.74) is 1.59. The van der Waals surface area contributed by atoms with Crippen LogP contribution in [-0.4, -0.2) is 40.6 Å². The minimum Gasteiger partial charge on any atom is -0.481 e. The third-order valence-corrected chi connectivity index (χ3v) is 3.58. The number of nitrogens with zero attached hydrogens (tertiary/aromatic N) is 2. The summed E-state index contributed by atoms with van der Waals surface area (Å²) in [6, 6.07) is 3.08. The number of anilines is 1. The Morgan fingerprint density at radius 3 is 2.82 bits per heavy atom. The van der Waals surface area contributed by atoms with Crippen LogP contribution in [0, 0.1) is 12.8 Å². The normalized spacial score (nSPS) is 12.2. The van der Waals surface area contributed by atoms with Gasteiger partial charge in [0.2, 0.25) is 0 Å². The van der Waals surface area contributed by atoms with Gasteiger partial charge < -0.3 is 19.7 Å². The molecule has 0 fully saturated rings. The summed E-state index contributed by atoms with van der Waals surface area (Å²) >= 11 is 3.35. The highest BCUT2D eigenvalue weighted by Gasteiger charge is 2.19. The molecule has 0 saturated carbocycles. The molecule has 8 heteroatoms. The number of aromatic nitrogens is 1. The number of fused-ring (bicyclic) bond motifs is 1. The van der Waals surface area contributed by atoms with Crippen molar-refractivity contribution >= 4 is 44.7 Å². The lowest BCUT2D eigenvalue weighted by atomic mass is 10.2. The van der Waals surface area contributed by atoms with E-state index in [1.165, 1.54) is 11.9 Å². The highest BCUT2D eigenvalue weighted by molar-refractivity contribution is 9.10. The topological polar surface area (TPSA) is 95.7 Å². The zero-order valence-electron chi connectivity index (χ0n) is 12.4. The summed E-state index contributed by atoms with van der Waals surface area (Å²) in [7, 11) is 1.54. The predicted octanol–water partition coefficient (Wildman–Crippen LogP) is 3.08. The molecule has 0 saturated heterocycles. The number of aliphatic carboxylic acids is 1. The Balaban J connectivity index is 2.19. The van der Waals surface area contributed by atoms with E-state index in [-0.39, 0.29) is 6.54 Å². The van der Waals surface area contributed by atoms with Gasteiger partial charge in [0.25, 0.3) is 0 Å². The van der Waals surface area contributed by atoms with Gasteiger partial charge in [-0.05, 0) is 12.1 Å². The molecule has 1 atom stereocenters. The van der Waals surface area contributed by atoms with E-state index in [4.69, 9.17) is 9.52 Å². The second kappa shape index (κ2) is 6.35. The maximum Gasteiger partial charge on any atom is 0.321 e. The number of amides is 2. The van der Waals surface area contributed by atoms with Crippen LogP contribution in [0.15, 0.2) is 21.0 Å². The Morgan fingerprint density at radius 1 is 1.50 bits per heavy atom. The monoisotopic (exact) mass is 369 g/mol. The molecule has 1 heterocycles. The van der Waals surface area contributed by atoms with Crippen molar-refractivity contribution < 1.29 is 19.1 Å². The number of aryl methyl sites for hydroxylation is 1. The first-order valence-electron chi connectivity index (χ1n) is 6.59. The molecule has 0 bridgehead atoms. The summed E-state index contributed by atoms with van der Waals surface area (Å²) in [6.07, 6.45) is 0. The van der Waals surface area contributed by atoms with Crippen molar-refractivity contribution in [1.29, 1.82) is 0 Å². The van der Waals surface area contributed by atoms with Crippen LogP contribution in [-0.2, 0) is 4.79 Å². The molecule has 1 aromatic heterocycles. The molecule has 0 aliphatic rings. The van der Waals surface area contributed by atoms with Crippen molar-refractivity contribution in [3.63, 3.8) is 0 Å². The highest BCUT2D eigenvalue weighted by Crippen LogP contribution is 2.29. The number of carboxylic acids is 1. The second-order valence-electron chi connectivity index (χ2n) is 5.08. The lowest BCUT2D eigenvalue weighted by molar-refractivity contribution is -0.141. The molecule has 22 heavy (non-hydrogen) atoms. The van der Waals surface area contributed by atoms with Crippen molar-refractivity contribution in [3.05, 3.63) is 22.5 Å². The molecule has 2 amide bonds. The van der Waals surface area contributed by atoms with E-state index < -0.39 is 17.9 Å². The fourth-order valence-electron chi connectivity index (χ4n) is 1.98. The number of hydrogen-bond acceptors (Lipinski definition) is 4. The smallest absolute Gasteiger partial charge is 0.321 e. The fraction of sp³-hybridized carbons (Fsp3) is 0.357. The third kappa shape index (κ3) is 3.56. The van der Waals surface area contributed by atoms with Crippen molar-refractivity contribution in [3.8, 4) is 0 Å². The summed E-state index contributed by atoms with van der Waals surface area (Å²) in [5, 5.41) is 11.6. The number of hydrogen-bond donors (Lipinski definition) is 2. The number of halogens is 1. The predicted molar refractivity (Wildman–Crippen MR) is 84.9 cm³/mol. The van der Waals surface area contributed by atoms with Crippen LogP contribution >= 0.6 is 15.9 Å². The van der Waals surface area contributed by atoms with Gasteiger partial charge in [0.15, 0.2) is 11.5 Å². The molecule has 118 valence electrons. The minimum absolute atomic E-state index is 0.105. The van der Waals surface area contributed by atoms with Crippen LogP contribution in [0.5, 0.6) is 0 Å². The van der Waals surface area contributed by atoms with Crippen molar-refractivity contribution in [2.75, 3.05) is 18.9 Å². The summed E-state index contributed by atoms with van der Waals surface area (Å²) in [4.78, 5) is 28.6. The van der Waals surface area contributed by atoms with Crippen LogP contribution in [0.3, 0.4) is 0 Å². The van der Waals surface area contributed by atoms with E-state index in [2.05, 4.69) is 26.2 Å². The molecule has 1 aromatic carbocycles. The Labute approximate surface area is 135 Å². The standard InChI is InChI=1S/C14H16BrN3O4/c1-7(13(19)20)6-18(3)14(21)17-11-5-9(15)4-10-12(11)22-8(2)16-10/h4-5,7H,6H2,1-3H3,(H,17,21)(H,19,20). The molecule has 2 N–H and O–H groups in total. The van der Waals surface area contributed by atoms with E-state index in [9.17, 15) is 9.59 Å². The Bertz CT molecular complexity index is 728. The zero-order valence-corrected chi connectivity index (χ0v) is 14.0. The van der Waals surface area contributed by atoms with Gasteiger partial charge >= 0.3 is 12.0 Å². The molecule has 0 radical (unpaired) electrons. The van der Waals surface area contributed by atoms with Gasteiger partial charge in [-0.15, -0.1) is 0 Å². The first kappa shape index (κ1) is 16.3. The van der Waals surface area contributed by atoms with Crippen LogP contribution < -0.4 is 5.32 Å². The van der Waals surface area contributed by atoms with Gasteiger partial charge in [0, 0.05) is 25.0 Å². The van der Waals surface area contributed by atoms with E-state index >= 15 is 0 Å². The van der Waals surface area contributed by atoms with Crippen LogP contribution in [0.1, 0.15) is 12.8 Å². The van der Waals surface area contributed by atoms with Gasteiger partial charge in [-0.25, -0.2) is 9.78 Å². The first-order chi connectivity index (χ1) is 10.3. The number of urea groups is 1. The average molecular weight is 370 g/mol. The number of oxazole rings is 1. The molecular formula is C14H16BrN3O4. The molecule has 7 nitrogen and oxygen atoms in total. The van der Waals surface area contributed by atoms with Gasteiger partial charge in [0.1, 0.15) is 5.52 Å². The van der Waals surface area contributed by atoms with Crippen LogP contribution in [0.25, 0.3) is 11.1 Å². The maximum absolute atomic E-state index is 12.2. The zero-order chi connectivity index (χ0) is 16.4. The van der Waals surface area contributed by atoms with Gasteiger partial charge in [-0.3, -0.25) is 4.79 Å². The Morgan fingerprint density at radius 2 is 2.18 bits per heavy atom. The molecule has 0 aliphatic heterocycles. The Kier molecular flexibility index (Phi) is 4.70. The van der Waals surface area contributed by atoms with Crippen LogP contribution in [0.4, 0.5) is 10.5 Å². The fourth-order valence-corrected chi connectivity index (χ4v) is 2.43. The minimum atomic E-state index is -0.949. The third-order valence-electron chi connectivity index (χ3n) is 3.12. The summed E-state index contributed by atoms with van der Waals surface area (Å²) < 4.78 is 6.25. The highest BCUT2D eigenvalue weighted by atomic mass is 79.9. The SMILES string of the molecule is Cc1nc2cc(Br)cc(NC(=O)N(C)CC(C)C(=O)O)c2o1. The number of carbonyl (C=O) groups excluding carboxylic acids is 1. The van der Waals surface area contributed by atoms with E-state index in [0.29, 0.717) is 22.7 Å². The summed E-state index contributed by atoms with van der Waals surface area (Å²) in [6.45, 7) is 3.37. The largest absolute Gasteiger partial charge is 0.481 e. The number of nitrogens with one attached hydrogen (secondary N) is 1. The van der Waals surface area contributed by atoms with Crippen molar-refractivity contribution in [2.24, 2.45) is 5.92 Å². The summed E-state index contributed by atoms with van der Waals surface area (Å²) in [5.74, 6) is -1.10. The van der Waals surface area contributed by atoms with E-state index in [1.807, 2.05) is 0 Å². The van der Waals surface area contributed by atoms with Gasteiger partial charge in [-0.1, -0.05) is 22.9 Å². The number of carboxylic acid groups (broad SMARTS) is 1. The van der Waals surface area contributed by atoms with E-state index in [0.717, 1.165) is 4.47 Å². The number of benzene rings is 1. The van der Waals surface area contributed by atoms with Gasteiger partial charge in [-0.2, -0.15) is 0 Å². The molecule has 1 unspecified atom stereocenters. The average Bonchev–Trinajstić information content (AvgIpc) is 2.78. The number of carbonyl (C=O) groups is 2. The van der Waals surface area contributed by atoms with E-state index in [1.54, 1.807) is 26.0 Å². The molecular weight excluding hydrogens is 354 g/mol. The van der Waals surface area contributed by atoms with Gasteiger partial charge in [0.05, 0.1) is 11.6 Å². The molecule has 0 aliphatic carbocycles.